The third kappa shape index (κ3) is 3.02. The molecule has 0 aliphatic carbocycles. The van der Waals surface area contributed by atoms with Crippen LogP contribution in [0.15, 0.2) is 42.5 Å². The summed E-state index contributed by atoms with van der Waals surface area (Å²) in [5, 5.41) is 9.13. The molecule has 21 heavy (non-hydrogen) atoms. The molecule has 0 bridgehead atoms. The number of hydrogen-bond acceptors (Lipinski definition) is 3. The van der Waals surface area contributed by atoms with Gasteiger partial charge in [0.1, 0.15) is 5.82 Å². The van der Waals surface area contributed by atoms with Crippen LogP contribution in [0.3, 0.4) is 0 Å². The second-order valence-electron chi connectivity index (χ2n) is 5.16. The van der Waals surface area contributed by atoms with E-state index in [0.717, 1.165) is 12.2 Å². The Bertz CT molecular complexity index is 651. The Kier molecular flexibility index (Phi) is 4.10. The lowest BCUT2D eigenvalue weighted by Crippen LogP contribution is -2.27. The van der Waals surface area contributed by atoms with E-state index < -0.39 is 7.12 Å². The fourth-order valence-electron chi connectivity index (χ4n) is 2.57. The molecule has 0 saturated carbocycles. The van der Waals surface area contributed by atoms with E-state index in [0.29, 0.717) is 19.0 Å². The van der Waals surface area contributed by atoms with Crippen molar-refractivity contribution >= 4 is 25.0 Å². The lowest BCUT2D eigenvalue weighted by Gasteiger charge is -1.95. The molecule has 0 fully saturated rings. The van der Waals surface area contributed by atoms with Crippen molar-refractivity contribution in [3.05, 3.63) is 59.4 Å². The Balaban J connectivity index is 0.000000126. The van der Waals surface area contributed by atoms with Crippen molar-refractivity contribution in [3.63, 3.8) is 0 Å². The van der Waals surface area contributed by atoms with E-state index in [-0.39, 0.29) is 5.82 Å². The van der Waals surface area contributed by atoms with Gasteiger partial charge in [-0.25, -0.2) is 4.39 Å². The lowest BCUT2D eigenvalue weighted by molar-refractivity contribution is 0.275. The summed E-state index contributed by atoms with van der Waals surface area (Å²) in [7, 11) is -0.870. The third-order valence-electron chi connectivity index (χ3n) is 3.75. The van der Waals surface area contributed by atoms with Gasteiger partial charge in [0, 0.05) is 0 Å². The molecule has 2 aromatic rings. The monoisotopic (exact) mass is 284 g/mol. The van der Waals surface area contributed by atoms with E-state index in [1.807, 2.05) is 0 Å². The minimum absolute atomic E-state index is 0.290. The van der Waals surface area contributed by atoms with Crippen LogP contribution in [0, 0.1) is 5.82 Å². The molecule has 4 rings (SSSR count). The van der Waals surface area contributed by atoms with Crippen LogP contribution in [0.2, 0.25) is 6.82 Å². The second kappa shape index (κ2) is 6.02. The first-order valence-electron chi connectivity index (χ1n) is 6.92. The summed E-state index contributed by atoms with van der Waals surface area (Å²) in [5.41, 5.74) is 4.10. The van der Waals surface area contributed by atoms with Crippen LogP contribution in [0.1, 0.15) is 11.1 Å². The van der Waals surface area contributed by atoms with Crippen molar-refractivity contribution in [1.82, 2.24) is 0 Å². The summed E-state index contributed by atoms with van der Waals surface area (Å²) in [6, 6.07) is 12.6. The third-order valence-corrected chi connectivity index (χ3v) is 3.75. The second-order valence-corrected chi connectivity index (χ2v) is 5.16. The van der Waals surface area contributed by atoms with Crippen LogP contribution in [0.5, 0.6) is 0 Å². The summed E-state index contributed by atoms with van der Waals surface area (Å²) in [6.07, 6.45) is 0. The number of halogens is 1. The average molecular weight is 284 g/mol. The summed E-state index contributed by atoms with van der Waals surface area (Å²) in [6.45, 7) is 3.48. The highest BCUT2D eigenvalue weighted by Crippen LogP contribution is 2.10. The normalized spacial score (nSPS) is 15.4. The van der Waals surface area contributed by atoms with Crippen LogP contribution in [-0.4, -0.2) is 19.1 Å². The Morgan fingerprint density at radius 1 is 1.00 bits per heavy atom. The summed E-state index contributed by atoms with van der Waals surface area (Å²) in [5.74, 6) is -0.290. The first kappa shape index (κ1) is 14.3. The van der Waals surface area contributed by atoms with Crippen molar-refractivity contribution in [2.24, 2.45) is 0 Å². The Morgan fingerprint density at radius 2 is 1.76 bits per heavy atom. The highest BCUT2D eigenvalue weighted by atomic mass is 19.1. The van der Waals surface area contributed by atoms with Crippen LogP contribution < -0.4 is 10.9 Å². The molecular formula is C15H15B2FO3. The molecule has 1 N–H and O–H groups in total. The minimum atomic E-state index is -0.870. The molecule has 3 nitrogen and oxygen atoms in total. The summed E-state index contributed by atoms with van der Waals surface area (Å²) >= 11 is 0. The maximum Gasteiger partial charge on any atom is 0.491 e. The van der Waals surface area contributed by atoms with Crippen LogP contribution in [0.4, 0.5) is 4.39 Å². The SMILES string of the molecule is CB1OCc2ccccc21.OB1OCc2cc(F)ccc21. The fourth-order valence-corrected chi connectivity index (χ4v) is 2.57. The van der Waals surface area contributed by atoms with E-state index in [4.69, 9.17) is 14.3 Å². The van der Waals surface area contributed by atoms with Gasteiger partial charge in [-0.2, -0.15) is 0 Å². The highest BCUT2D eigenvalue weighted by Gasteiger charge is 2.26. The average Bonchev–Trinajstić information content (AvgIpc) is 3.04. The molecular weight excluding hydrogens is 269 g/mol. The van der Waals surface area contributed by atoms with Gasteiger partial charge >= 0.3 is 14.0 Å². The van der Waals surface area contributed by atoms with Gasteiger partial charge < -0.3 is 14.3 Å². The van der Waals surface area contributed by atoms with Crippen LogP contribution in [0.25, 0.3) is 0 Å². The lowest BCUT2D eigenvalue weighted by atomic mass is 9.64. The molecule has 0 unspecified atom stereocenters. The number of fused-ring (bicyclic) bond motifs is 2. The van der Waals surface area contributed by atoms with Gasteiger partial charge in [0.05, 0.1) is 13.2 Å². The topological polar surface area (TPSA) is 38.7 Å². The summed E-state index contributed by atoms with van der Waals surface area (Å²) < 4.78 is 22.8. The van der Waals surface area contributed by atoms with E-state index in [1.165, 1.54) is 23.2 Å². The molecule has 6 heteroatoms. The fraction of sp³-hybridized carbons (Fsp3) is 0.200. The van der Waals surface area contributed by atoms with Gasteiger partial charge in [0.2, 0.25) is 0 Å². The number of benzene rings is 2. The maximum atomic E-state index is 12.6. The predicted octanol–water partition coefficient (Wildman–Crippen LogP) is 1.09. The molecule has 106 valence electrons. The molecule has 2 aliphatic rings. The predicted molar refractivity (Wildman–Crippen MR) is 81.3 cm³/mol. The zero-order valence-corrected chi connectivity index (χ0v) is 11.8. The Labute approximate surface area is 124 Å². The molecule has 0 saturated heterocycles. The Morgan fingerprint density at radius 3 is 2.57 bits per heavy atom. The Hall–Kier alpha value is -1.62. The highest BCUT2D eigenvalue weighted by molar-refractivity contribution is 6.67. The molecule has 2 aromatic carbocycles. The van der Waals surface area contributed by atoms with Crippen molar-refractivity contribution in [3.8, 4) is 0 Å². The first-order valence-corrected chi connectivity index (χ1v) is 6.92. The van der Waals surface area contributed by atoms with Gasteiger partial charge in [-0.1, -0.05) is 37.2 Å². The van der Waals surface area contributed by atoms with E-state index in [1.54, 1.807) is 6.07 Å². The molecule has 2 aliphatic heterocycles. The molecule has 2 heterocycles. The van der Waals surface area contributed by atoms with Crippen LogP contribution in [-0.2, 0) is 22.5 Å². The van der Waals surface area contributed by atoms with E-state index in [9.17, 15) is 4.39 Å². The molecule has 0 radical (unpaired) electrons. The first-order chi connectivity index (χ1) is 10.1. The standard InChI is InChI=1S/C8H9BO.C7H6BFO2/c1-9-8-5-3-2-4-7(8)6-10-9;9-6-1-2-7-5(3-6)4-11-8(7)10/h2-5H,6H2,1H3;1-3,10H,4H2. The zero-order chi connectivity index (χ0) is 14.8. The quantitative estimate of drug-likeness (QED) is 0.736. The van der Waals surface area contributed by atoms with Gasteiger partial charge in [-0.05, 0) is 34.2 Å². The summed E-state index contributed by atoms with van der Waals surface area (Å²) in [4.78, 5) is 0. The smallest absolute Gasteiger partial charge is 0.427 e. The minimum Gasteiger partial charge on any atom is -0.427 e. The van der Waals surface area contributed by atoms with Crippen molar-refractivity contribution in [2.45, 2.75) is 20.0 Å². The van der Waals surface area contributed by atoms with Gasteiger partial charge in [-0.3, -0.25) is 0 Å². The molecule has 0 aromatic heterocycles. The molecule has 0 amide bonds. The van der Waals surface area contributed by atoms with Crippen LogP contribution >= 0.6 is 0 Å². The van der Waals surface area contributed by atoms with Crippen molar-refractivity contribution in [2.75, 3.05) is 0 Å². The van der Waals surface area contributed by atoms with Gasteiger partial charge in [-0.15, -0.1) is 0 Å². The maximum absolute atomic E-state index is 12.6. The molecule has 0 spiro atoms. The van der Waals surface area contributed by atoms with E-state index in [2.05, 4.69) is 31.1 Å². The van der Waals surface area contributed by atoms with Crippen molar-refractivity contribution in [1.29, 1.82) is 0 Å². The zero-order valence-electron chi connectivity index (χ0n) is 11.8. The van der Waals surface area contributed by atoms with Gasteiger partial charge in [0.25, 0.3) is 0 Å². The van der Waals surface area contributed by atoms with E-state index >= 15 is 0 Å². The number of hydrogen-bond donors (Lipinski definition) is 1. The number of rotatable bonds is 0. The van der Waals surface area contributed by atoms with Gasteiger partial charge in [0.15, 0.2) is 0 Å². The largest absolute Gasteiger partial charge is 0.491 e. The van der Waals surface area contributed by atoms with Crippen molar-refractivity contribution < 1.29 is 18.7 Å². The molecule has 0 atom stereocenters.